The third kappa shape index (κ3) is 6.33. The fourth-order valence-electron chi connectivity index (χ4n) is 2.75. The molecular formula is C21H27N3O2. The Morgan fingerprint density at radius 1 is 0.962 bits per heavy atom. The highest BCUT2D eigenvalue weighted by Gasteiger charge is 2.23. The SMILES string of the molecule is CCNC(=O)NC(=O)[C@H](N[C@@H](C)CCc1ccccc1)c1ccccc1. The zero-order valence-corrected chi connectivity index (χ0v) is 15.4. The first-order valence-corrected chi connectivity index (χ1v) is 9.03. The van der Waals surface area contributed by atoms with Crippen LogP contribution in [-0.4, -0.2) is 24.5 Å². The zero-order valence-electron chi connectivity index (χ0n) is 15.4. The molecule has 0 radical (unpaired) electrons. The van der Waals surface area contributed by atoms with Crippen molar-refractivity contribution in [2.75, 3.05) is 6.54 Å². The maximum absolute atomic E-state index is 12.6. The zero-order chi connectivity index (χ0) is 18.8. The molecule has 0 spiro atoms. The summed E-state index contributed by atoms with van der Waals surface area (Å²) < 4.78 is 0. The van der Waals surface area contributed by atoms with E-state index in [0.717, 1.165) is 18.4 Å². The van der Waals surface area contributed by atoms with Crippen LogP contribution in [0.25, 0.3) is 0 Å². The molecule has 3 amide bonds. The van der Waals surface area contributed by atoms with Gasteiger partial charge in [-0.25, -0.2) is 4.79 Å². The lowest BCUT2D eigenvalue weighted by Crippen LogP contribution is -2.46. The van der Waals surface area contributed by atoms with E-state index < -0.39 is 12.1 Å². The maximum atomic E-state index is 12.6. The van der Waals surface area contributed by atoms with Crippen LogP contribution >= 0.6 is 0 Å². The van der Waals surface area contributed by atoms with Gasteiger partial charge in [-0.15, -0.1) is 0 Å². The molecule has 0 fully saturated rings. The predicted octanol–water partition coefficient (Wildman–Crippen LogP) is 3.18. The average Bonchev–Trinajstić information content (AvgIpc) is 2.66. The average molecular weight is 353 g/mol. The molecule has 0 unspecified atom stereocenters. The van der Waals surface area contributed by atoms with E-state index in [1.54, 1.807) is 0 Å². The maximum Gasteiger partial charge on any atom is 0.321 e. The minimum Gasteiger partial charge on any atom is -0.338 e. The molecule has 0 heterocycles. The molecule has 5 heteroatoms. The molecule has 0 saturated heterocycles. The normalized spacial score (nSPS) is 12.8. The van der Waals surface area contributed by atoms with Gasteiger partial charge in [-0.1, -0.05) is 60.7 Å². The largest absolute Gasteiger partial charge is 0.338 e. The Balaban J connectivity index is 2.01. The van der Waals surface area contributed by atoms with Crippen molar-refractivity contribution in [3.05, 3.63) is 71.8 Å². The Bertz CT molecular complexity index is 689. The Morgan fingerprint density at radius 2 is 1.58 bits per heavy atom. The summed E-state index contributed by atoms with van der Waals surface area (Å²) in [5.74, 6) is -0.353. The van der Waals surface area contributed by atoms with Gasteiger partial charge in [0.2, 0.25) is 5.91 Å². The number of benzene rings is 2. The van der Waals surface area contributed by atoms with Gasteiger partial charge < -0.3 is 5.32 Å². The van der Waals surface area contributed by atoms with Crippen LogP contribution in [0.5, 0.6) is 0 Å². The molecule has 0 aromatic heterocycles. The molecular weight excluding hydrogens is 326 g/mol. The first-order valence-electron chi connectivity index (χ1n) is 9.03. The first kappa shape index (κ1) is 19.7. The minimum absolute atomic E-state index is 0.111. The Morgan fingerprint density at radius 3 is 2.19 bits per heavy atom. The molecule has 0 bridgehead atoms. The summed E-state index contributed by atoms with van der Waals surface area (Å²) in [7, 11) is 0. The van der Waals surface area contributed by atoms with Gasteiger partial charge in [-0.05, 0) is 37.8 Å². The van der Waals surface area contributed by atoms with Gasteiger partial charge in [0.05, 0.1) is 0 Å². The van der Waals surface area contributed by atoms with Crippen molar-refractivity contribution in [1.82, 2.24) is 16.0 Å². The summed E-state index contributed by atoms with van der Waals surface area (Å²) in [6.07, 6.45) is 1.82. The number of aryl methyl sites for hydroxylation is 1. The first-order chi connectivity index (χ1) is 12.6. The number of carbonyl (C=O) groups excluding carboxylic acids is 2. The molecule has 2 rings (SSSR count). The van der Waals surface area contributed by atoms with Gasteiger partial charge in [0.25, 0.3) is 0 Å². The molecule has 2 aromatic carbocycles. The van der Waals surface area contributed by atoms with Gasteiger partial charge in [0, 0.05) is 12.6 Å². The van der Waals surface area contributed by atoms with Crippen LogP contribution in [0.3, 0.4) is 0 Å². The predicted molar refractivity (Wildman–Crippen MR) is 104 cm³/mol. The highest BCUT2D eigenvalue weighted by atomic mass is 16.2. The van der Waals surface area contributed by atoms with Crippen LogP contribution in [0.15, 0.2) is 60.7 Å². The number of amides is 3. The Hall–Kier alpha value is -2.66. The number of nitrogens with one attached hydrogen (secondary N) is 3. The summed E-state index contributed by atoms with van der Waals surface area (Å²) in [4.78, 5) is 24.3. The van der Waals surface area contributed by atoms with E-state index in [-0.39, 0.29) is 11.9 Å². The quantitative estimate of drug-likeness (QED) is 0.683. The van der Waals surface area contributed by atoms with Gasteiger partial charge >= 0.3 is 6.03 Å². The van der Waals surface area contributed by atoms with Crippen molar-refractivity contribution >= 4 is 11.9 Å². The Labute approximate surface area is 155 Å². The third-order valence-corrected chi connectivity index (χ3v) is 4.13. The number of hydrogen-bond acceptors (Lipinski definition) is 3. The number of hydrogen-bond donors (Lipinski definition) is 3. The molecule has 0 saturated carbocycles. The lowest BCUT2D eigenvalue weighted by molar-refractivity contribution is -0.122. The highest BCUT2D eigenvalue weighted by Crippen LogP contribution is 2.15. The van der Waals surface area contributed by atoms with E-state index in [1.807, 2.05) is 55.5 Å². The molecule has 2 atom stereocenters. The summed E-state index contributed by atoms with van der Waals surface area (Å²) in [5, 5.41) is 8.35. The van der Waals surface area contributed by atoms with Crippen LogP contribution in [0.4, 0.5) is 4.79 Å². The molecule has 0 aliphatic heterocycles. The van der Waals surface area contributed by atoms with Crippen LogP contribution in [0.2, 0.25) is 0 Å². The second-order valence-electron chi connectivity index (χ2n) is 6.28. The number of imide groups is 1. The van der Waals surface area contributed by atoms with E-state index in [1.165, 1.54) is 5.56 Å². The molecule has 2 aromatic rings. The van der Waals surface area contributed by atoms with Crippen LogP contribution in [0, 0.1) is 0 Å². The molecule has 138 valence electrons. The van der Waals surface area contributed by atoms with E-state index in [2.05, 4.69) is 35.0 Å². The van der Waals surface area contributed by atoms with Crippen molar-refractivity contribution in [3.8, 4) is 0 Å². The monoisotopic (exact) mass is 353 g/mol. The lowest BCUT2D eigenvalue weighted by atomic mass is 10.0. The van der Waals surface area contributed by atoms with Gasteiger partial charge in [-0.2, -0.15) is 0 Å². The van der Waals surface area contributed by atoms with E-state index in [4.69, 9.17) is 0 Å². The highest BCUT2D eigenvalue weighted by molar-refractivity contribution is 5.97. The molecule has 26 heavy (non-hydrogen) atoms. The van der Waals surface area contributed by atoms with E-state index >= 15 is 0 Å². The molecule has 3 N–H and O–H groups in total. The van der Waals surface area contributed by atoms with Gasteiger partial charge in [-0.3, -0.25) is 15.4 Å². The third-order valence-electron chi connectivity index (χ3n) is 4.13. The molecule has 0 aliphatic carbocycles. The van der Waals surface area contributed by atoms with Crippen LogP contribution in [0.1, 0.15) is 37.4 Å². The fourth-order valence-corrected chi connectivity index (χ4v) is 2.75. The van der Waals surface area contributed by atoms with Crippen molar-refractivity contribution < 1.29 is 9.59 Å². The number of rotatable bonds is 8. The van der Waals surface area contributed by atoms with Crippen molar-refractivity contribution in [2.45, 2.75) is 38.8 Å². The van der Waals surface area contributed by atoms with Crippen LogP contribution in [-0.2, 0) is 11.2 Å². The summed E-state index contributed by atoms with van der Waals surface area (Å²) in [5.41, 5.74) is 2.10. The van der Waals surface area contributed by atoms with Crippen LogP contribution < -0.4 is 16.0 Å². The smallest absolute Gasteiger partial charge is 0.321 e. The molecule has 5 nitrogen and oxygen atoms in total. The second kappa shape index (κ2) is 10.4. The standard InChI is InChI=1S/C21H27N3O2/c1-3-22-21(26)24-20(25)19(18-12-8-5-9-13-18)23-16(2)14-15-17-10-6-4-7-11-17/h4-13,16,19,23H,3,14-15H2,1-2H3,(H2,22,24,25,26)/t16-,19+/m0/s1. The van der Waals surface area contributed by atoms with Crippen molar-refractivity contribution in [3.63, 3.8) is 0 Å². The summed E-state index contributed by atoms with van der Waals surface area (Å²) in [6, 6.07) is 18.8. The van der Waals surface area contributed by atoms with E-state index in [0.29, 0.717) is 6.54 Å². The van der Waals surface area contributed by atoms with Gasteiger partial charge in [0.1, 0.15) is 6.04 Å². The second-order valence-corrected chi connectivity index (χ2v) is 6.28. The minimum atomic E-state index is -0.579. The fraction of sp³-hybridized carbons (Fsp3) is 0.333. The number of urea groups is 1. The summed E-state index contributed by atoms with van der Waals surface area (Å²) in [6.45, 7) is 4.33. The number of carbonyl (C=O) groups is 2. The molecule has 0 aliphatic rings. The lowest BCUT2D eigenvalue weighted by Gasteiger charge is -2.23. The van der Waals surface area contributed by atoms with E-state index in [9.17, 15) is 9.59 Å². The Kier molecular flexibility index (Phi) is 7.83. The summed E-state index contributed by atoms with van der Waals surface area (Å²) >= 11 is 0. The van der Waals surface area contributed by atoms with Crippen molar-refractivity contribution in [2.24, 2.45) is 0 Å². The topological polar surface area (TPSA) is 70.2 Å². The van der Waals surface area contributed by atoms with Gasteiger partial charge in [0.15, 0.2) is 0 Å². The van der Waals surface area contributed by atoms with Crippen molar-refractivity contribution in [1.29, 1.82) is 0 Å².